The van der Waals surface area contributed by atoms with Gasteiger partial charge in [0.2, 0.25) is 0 Å². The molecule has 13 heavy (non-hydrogen) atoms. The van der Waals surface area contributed by atoms with E-state index in [0.717, 1.165) is 18.5 Å². The summed E-state index contributed by atoms with van der Waals surface area (Å²) in [6.45, 7) is 0. The molecule has 0 bridgehead atoms. The minimum Gasteiger partial charge on any atom is -0.423 e. The zero-order valence-corrected chi connectivity index (χ0v) is 7.14. The first-order valence-electron chi connectivity index (χ1n) is 4.30. The van der Waals surface area contributed by atoms with Crippen LogP contribution in [0.25, 0.3) is 0 Å². The molecule has 1 aromatic heterocycles. The third-order valence-corrected chi connectivity index (χ3v) is 2.18. The maximum atomic E-state index is 8.95. The van der Waals surface area contributed by atoms with Crippen molar-refractivity contribution in [3.63, 3.8) is 0 Å². The second-order valence-corrected chi connectivity index (χ2v) is 3.40. The summed E-state index contributed by atoms with van der Waals surface area (Å²) in [6.07, 6.45) is 2.24. The van der Waals surface area contributed by atoms with Gasteiger partial charge in [-0.3, -0.25) is 0 Å². The molecule has 4 nitrogen and oxygen atoms in total. The molecule has 0 unspecified atom stereocenters. The van der Waals surface area contributed by atoms with Crippen molar-refractivity contribution in [2.75, 3.05) is 5.73 Å². The third-order valence-electron chi connectivity index (χ3n) is 2.18. The largest absolute Gasteiger partial charge is 0.488 e. The average molecular weight is 178 g/mol. The lowest BCUT2D eigenvalue weighted by Gasteiger charge is -2.04. The number of nitrogen functional groups attached to an aromatic ring is 1. The van der Waals surface area contributed by atoms with Gasteiger partial charge in [0.05, 0.1) is 0 Å². The highest BCUT2D eigenvalue weighted by atomic mass is 16.4. The van der Waals surface area contributed by atoms with E-state index < -0.39 is 7.12 Å². The molecule has 2 rings (SSSR count). The first kappa shape index (κ1) is 8.53. The Morgan fingerprint density at radius 3 is 2.62 bits per heavy atom. The van der Waals surface area contributed by atoms with Crippen LogP contribution >= 0.6 is 0 Å². The molecule has 0 amide bonds. The van der Waals surface area contributed by atoms with E-state index >= 15 is 0 Å². The molecule has 1 aliphatic rings. The van der Waals surface area contributed by atoms with Crippen LogP contribution in [0.2, 0.25) is 0 Å². The molecule has 1 saturated carbocycles. The Kier molecular flexibility index (Phi) is 1.98. The predicted molar refractivity (Wildman–Crippen MR) is 50.5 cm³/mol. The second kappa shape index (κ2) is 3.01. The Morgan fingerprint density at radius 2 is 2.08 bits per heavy atom. The Bertz CT molecular complexity index is 306. The summed E-state index contributed by atoms with van der Waals surface area (Å²) in [6, 6.07) is 3.19. The maximum absolute atomic E-state index is 8.95. The van der Waals surface area contributed by atoms with Gasteiger partial charge in [0.1, 0.15) is 5.82 Å². The maximum Gasteiger partial charge on any atom is 0.488 e. The number of aromatic nitrogens is 1. The molecule has 1 aromatic rings. The Labute approximate surface area is 76.6 Å². The van der Waals surface area contributed by atoms with Crippen molar-refractivity contribution in [1.82, 2.24) is 4.98 Å². The van der Waals surface area contributed by atoms with Crippen molar-refractivity contribution >= 4 is 18.4 Å². The fourth-order valence-electron chi connectivity index (χ4n) is 1.33. The number of nitrogens with two attached hydrogens (primary N) is 1. The number of hydrogen-bond acceptors (Lipinski definition) is 4. The molecular weight excluding hydrogens is 167 g/mol. The molecule has 1 heterocycles. The highest BCUT2D eigenvalue weighted by Crippen LogP contribution is 2.38. The summed E-state index contributed by atoms with van der Waals surface area (Å²) < 4.78 is 0. The smallest absolute Gasteiger partial charge is 0.423 e. The number of anilines is 1. The van der Waals surface area contributed by atoms with Gasteiger partial charge in [-0.1, -0.05) is 0 Å². The highest BCUT2D eigenvalue weighted by molar-refractivity contribution is 6.58. The lowest BCUT2D eigenvalue weighted by molar-refractivity contribution is 0.425. The van der Waals surface area contributed by atoms with Crippen LogP contribution in [0.1, 0.15) is 24.5 Å². The topological polar surface area (TPSA) is 79.4 Å². The van der Waals surface area contributed by atoms with Gasteiger partial charge in [-0.2, -0.15) is 0 Å². The quantitative estimate of drug-likeness (QED) is 0.519. The van der Waals surface area contributed by atoms with Crippen molar-refractivity contribution in [2.45, 2.75) is 18.8 Å². The lowest BCUT2D eigenvalue weighted by atomic mass is 9.80. The molecule has 68 valence electrons. The minimum absolute atomic E-state index is 0.354. The SMILES string of the molecule is Nc1cc(B(O)O)cc(C2CC2)n1. The molecule has 0 spiro atoms. The summed E-state index contributed by atoms with van der Waals surface area (Å²) in [4.78, 5) is 4.13. The van der Waals surface area contributed by atoms with Crippen molar-refractivity contribution in [1.29, 1.82) is 0 Å². The molecule has 1 fully saturated rings. The fourth-order valence-corrected chi connectivity index (χ4v) is 1.33. The van der Waals surface area contributed by atoms with E-state index in [1.165, 1.54) is 6.07 Å². The molecule has 0 atom stereocenters. The molecular formula is C8H11BN2O2. The number of hydrogen-bond donors (Lipinski definition) is 3. The van der Waals surface area contributed by atoms with Crippen LogP contribution in [0.5, 0.6) is 0 Å². The van der Waals surface area contributed by atoms with Crippen LogP contribution < -0.4 is 11.2 Å². The van der Waals surface area contributed by atoms with Crippen molar-refractivity contribution in [3.05, 3.63) is 17.8 Å². The van der Waals surface area contributed by atoms with Crippen LogP contribution in [-0.4, -0.2) is 22.2 Å². The van der Waals surface area contributed by atoms with Crippen molar-refractivity contribution in [3.8, 4) is 0 Å². The lowest BCUT2D eigenvalue weighted by Crippen LogP contribution is -2.30. The highest BCUT2D eigenvalue weighted by Gasteiger charge is 2.26. The van der Waals surface area contributed by atoms with Crippen LogP contribution in [0, 0.1) is 0 Å². The number of nitrogens with zero attached hydrogens (tertiary/aromatic N) is 1. The summed E-state index contributed by atoms with van der Waals surface area (Å²) in [5, 5.41) is 17.9. The van der Waals surface area contributed by atoms with Crippen molar-refractivity contribution in [2.24, 2.45) is 0 Å². The fraction of sp³-hybridized carbons (Fsp3) is 0.375. The predicted octanol–water partition coefficient (Wildman–Crippen LogP) is -0.779. The van der Waals surface area contributed by atoms with E-state index in [0.29, 0.717) is 17.2 Å². The van der Waals surface area contributed by atoms with E-state index in [-0.39, 0.29) is 0 Å². The van der Waals surface area contributed by atoms with Crippen LogP contribution in [-0.2, 0) is 0 Å². The zero-order valence-electron chi connectivity index (χ0n) is 7.14. The van der Waals surface area contributed by atoms with Gasteiger partial charge in [0, 0.05) is 11.6 Å². The van der Waals surface area contributed by atoms with Gasteiger partial charge < -0.3 is 15.8 Å². The van der Waals surface area contributed by atoms with Crippen LogP contribution in [0.3, 0.4) is 0 Å². The summed E-state index contributed by atoms with van der Waals surface area (Å²) in [5.74, 6) is 0.827. The monoisotopic (exact) mass is 178 g/mol. The van der Waals surface area contributed by atoms with E-state index in [4.69, 9.17) is 15.8 Å². The van der Waals surface area contributed by atoms with Gasteiger partial charge in [-0.15, -0.1) is 0 Å². The van der Waals surface area contributed by atoms with Gasteiger partial charge >= 0.3 is 7.12 Å². The number of pyridine rings is 1. The summed E-state index contributed by atoms with van der Waals surface area (Å²) in [5.41, 5.74) is 6.83. The van der Waals surface area contributed by atoms with Crippen molar-refractivity contribution < 1.29 is 10.0 Å². The molecule has 0 saturated heterocycles. The molecule has 0 radical (unpaired) electrons. The Balaban J connectivity index is 2.36. The zero-order chi connectivity index (χ0) is 9.42. The normalized spacial score (nSPS) is 15.8. The summed E-state index contributed by atoms with van der Waals surface area (Å²) in [7, 11) is -1.46. The minimum atomic E-state index is -1.46. The van der Waals surface area contributed by atoms with Gasteiger partial charge in [-0.25, -0.2) is 4.98 Å². The molecule has 1 aliphatic carbocycles. The van der Waals surface area contributed by atoms with E-state index in [9.17, 15) is 0 Å². The molecule has 0 aromatic carbocycles. The van der Waals surface area contributed by atoms with E-state index in [1.807, 2.05) is 0 Å². The average Bonchev–Trinajstić information content (AvgIpc) is 2.85. The Morgan fingerprint density at radius 1 is 1.38 bits per heavy atom. The Hall–Kier alpha value is -1.07. The second-order valence-electron chi connectivity index (χ2n) is 3.40. The van der Waals surface area contributed by atoms with E-state index in [1.54, 1.807) is 6.07 Å². The number of rotatable bonds is 2. The van der Waals surface area contributed by atoms with Gasteiger partial charge in [0.25, 0.3) is 0 Å². The first-order chi connectivity index (χ1) is 6.16. The van der Waals surface area contributed by atoms with E-state index in [2.05, 4.69) is 4.98 Å². The van der Waals surface area contributed by atoms with Crippen LogP contribution in [0.15, 0.2) is 12.1 Å². The molecule has 0 aliphatic heterocycles. The molecule has 4 N–H and O–H groups in total. The summed E-state index contributed by atoms with van der Waals surface area (Å²) >= 11 is 0. The van der Waals surface area contributed by atoms with Gasteiger partial charge in [0.15, 0.2) is 0 Å². The third kappa shape index (κ3) is 1.81. The first-order valence-corrected chi connectivity index (χ1v) is 4.30. The van der Waals surface area contributed by atoms with Gasteiger partial charge in [-0.05, 0) is 30.4 Å². The standard InChI is InChI=1S/C8H11BN2O2/c10-8-4-6(9(12)13)3-7(11-8)5-1-2-5/h3-5,12-13H,1-2H2,(H2,10,11). The van der Waals surface area contributed by atoms with Crippen LogP contribution in [0.4, 0.5) is 5.82 Å². The molecule has 5 heteroatoms.